The fraction of sp³-hybridized carbons (Fsp3) is 0.455. The third-order valence-corrected chi connectivity index (χ3v) is 5.86. The average molecular weight is 468 g/mol. The zero-order chi connectivity index (χ0) is 23.9. The third-order valence-electron chi connectivity index (χ3n) is 5.86. The number of rotatable bonds is 9. The van der Waals surface area contributed by atoms with E-state index in [1.54, 1.807) is 0 Å². The molecule has 180 valence electrons. The monoisotopic (exact) mass is 467 g/mol. The predicted octanol–water partition coefficient (Wildman–Crippen LogP) is 2.16. The van der Waals surface area contributed by atoms with Gasteiger partial charge in [-0.2, -0.15) is 9.78 Å². The summed E-state index contributed by atoms with van der Waals surface area (Å²) in [4.78, 5) is 15.2. The average Bonchev–Trinajstić information content (AvgIpc) is 3.46. The molecule has 0 saturated heterocycles. The zero-order valence-electron chi connectivity index (χ0n) is 19.3. The molecule has 1 amide bonds. The topological polar surface area (TPSA) is 150 Å². The summed E-state index contributed by atoms with van der Waals surface area (Å²) in [5, 5.41) is 19.7. The van der Waals surface area contributed by atoms with E-state index >= 15 is 0 Å². The summed E-state index contributed by atoms with van der Waals surface area (Å²) in [5.74, 6) is 0.424. The van der Waals surface area contributed by atoms with Crippen molar-refractivity contribution in [3.63, 3.8) is 0 Å². The normalized spacial score (nSPS) is 14.7. The largest absolute Gasteiger partial charge is 0.493 e. The molecule has 1 aliphatic carbocycles. The van der Waals surface area contributed by atoms with E-state index in [0.29, 0.717) is 30.6 Å². The summed E-state index contributed by atoms with van der Waals surface area (Å²) in [6.07, 6.45) is 7.38. The number of hydrogen-bond donors (Lipinski definition) is 2. The van der Waals surface area contributed by atoms with E-state index in [1.807, 2.05) is 38.2 Å². The minimum atomic E-state index is -0.501. The number of carbonyl (C=O) groups excluding carboxylic acids is 1. The molecule has 34 heavy (non-hydrogen) atoms. The quantitative estimate of drug-likeness (QED) is 0.356. The molecule has 1 saturated carbocycles. The number of hydrazone groups is 1. The van der Waals surface area contributed by atoms with E-state index in [0.717, 1.165) is 18.4 Å². The van der Waals surface area contributed by atoms with E-state index in [2.05, 4.69) is 36.1 Å². The highest BCUT2D eigenvalue weighted by atomic mass is 16.6. The molecule has 3 N–H and O–H groups in total. The Morgan fingerprint density at radius 2 is 2.12 bits per heavy atom. The fourth-order valence-corrected chi connectivity index (χ4v) is 4.10. The number of aromatic nitrogens is 5. The number of nitrogen functional groups attached to an aromatic ring is 1. The first-order chi connectivity index (χ1) is 16.6. The second-order valence-electron chi connectivity index (χ2n) is 8.15. The number of hydrogen-bond acceptors (Lipinski definition) is 10. The van der Waals surface area contributed by atoms with Crippen LogP contribution in [0.1, 0.15) is 60.8 Å². The maximum Gasteiger partial charge on any atom is 0.293 e. The smallest absolute Gasteiger partial charge is 0.293 e. The van der Waals surface area contributed by atoms with Crippen molar-refractivity contribution in [2.75, 3.05) is 19.4 Å². The third kappa shape index (κ3) is 5.22. The lowest BCUT2D eigenvalue weighted by Gasteiger charge is -2.31. The fourth-order valence-electron chi connectivity index (χ4n) is 4.10. The van der Waals surface area contributed by atoms with Crippen LogP contribution in [0.4, 0.5) is 5.82 Å². The van der Waals surface area contributed by atoms with Crippen LogP contribution in [0.25, 0.3) is 5.82 Å². The van der Waals surface area contributed by atoms with Crippen LogP contribution >= 0.6 is 0 Å². The highest BCUT2D eigenvalue weighted by molar-refractivity contribution is 5.94. The van der Waals surface area contributed by atoms with Crippen molar-refractivity contribution in [1.82, 2.24) is 35.6 Å². The molecule has 4 rings (SSSR count). The Morgan fingerprint density at radius 3 is 2.85 bits per heavy atom. The Labute approximate surface area is 197 Å². The Kier molecular flexibility index (Phi) is 7.48. The van der Waals surface area contributed by atoms with Gasteiger partial charge in [0, 0.05) is 18.2 Å². The van der Waals surface area contributed by atoms with Gasteiger partial charge < -0.3 is 10.5 Å². The van der Waals surface area contributed by atoms with Crippen molar-refractivity contribution in [1.29, 1.82) is 0 Å². The minimum absolute atomic E-state index is 0.0592. The summed E-state index contributed by atoms with van der Waals surface area (Å²) in [5.41, 5.74) is 9.81. The number of carbonyl (C=O) groups is 1. The molecule has 1 fully saturated rings. The number of nitrogens with two attached hydrogens (primary N) is 1. The van der Waals surface area contributed by atoms with Crippen molar-refractivity contribution < 1.29 is 14.2 Å². The molecule has 0 radical (unpaired) electrons. The van der Waals surface area contributed by atoms with Crippen LogP contribution in [0.3, 0.4) is 0 Å². The molecular weight excluding hydrogens is 438 g/mol. The number of anilines is 1. The van der Waals surface area contributed by atoms with Gasteiger partial charge in [-0.05, 0) is 49.3 Å². The van der Waals surface area contributed by atoms with Crippen LogP contribution in [0.2, 0.25) is 0 Å². The van der Waals surface area contributed by atoms with Crippen molar-refractivity contribution >= 4 is 17.9 Å². The standard InChI is InChI=1S/C22H29N9O3/c1-3-33-18-12-8-7-9-15(18)13-24-26-22(32)19-17(14-30(2)16-10-5-4-6-11-16)31(29-25-19)21-20(23)27-34-28-21/h7-9,12-13,16H,3-6,10-11,14H2,1-2H3,(H2,23,27)(H,26,32). The zero-order valence-corrected chi connectivity index (χ0v) is 19.3. The van der Waals surface area contributed by atoms with E-state index in [1.165, 1.54) is 30.2 Å². The summed E-state index contributed by atoms with van der Waals surface area (Å²) in [7, 11) is 2.03. The van der Waals surface area contributed by atoms with E-state index in [9.17, 15) is 4.79 Å². The van der Waals surface area contributed by atoms with Crippen LogP contribution in [-0.4, -0.2) is 62.0 Å². The molecule has 1 aromatic carbocycles. The second kappa shape index (κ2) is 10.9. The molecule has 0 aliphatic heterocycles. The van der Waals surface area contributed by atoms with Gasteiger partial charge in [0.05, 0.1) is 18.5 Å². The van der Waals surface area contributed by atoms with Gasteiger partial charge in [0.15, 0.2) is 5.69 Å². The Bertz CT molecular complexity index is 1130. The number of nitrogens with zero attached hydrogens (tertiary/aromatic N) is 7. The Balaban J connectivity index is 1.56. The number of ether oxygens (including phenoxy) is 1. The van der Waals surface area contributed by atoms with Crippen molar-refractivity contribution in [3.8, 4) is 11.6 Å². The maximum absolute atomic E-state index is 13.0. The lowest BCUT2D eigenvalue weighted by molar-refractivity contribution is 0.0947. The molecule has 0 bridgehead atoms. The molecular formula is C22H29N9O3. The first kappa shape index (κ1) is 23.4. The van der Waals surface area contributed by atoms with Gasteiger partial charge in [0.2, 0.25) is 11.6 Å². The lowest BCUT2D eigenvalue weighted by atomic mass is 9.94. The summed E-state index contributed by atoms with van der Waals surface area (Å²) >= 11 is 0. The number of nitrogens with one attached hydrogen (secondary N) is 1. The van der Waals surface area contributed by atoms with E-state index in [-0.39, 0.29) is 17.3 Å². The highest BCUT2D eigenvalue weighted by Crippen LogP contribution is 2.24. The summed E-state index contributed by atoms with van der Waals surface area (Å²) in [6.45, 7) is 2.85. The first-order valence-electron chi connectivity index (χ1n) is 11.4. The molecule has 0 atom stereocenters. The number of benzene rings is 1. The molecule has 0 unspecified atom stereocenters. The summed E-state index contributed by atoms with van der Waals surface area (Å²) < 4.78 is 11.7. The predicted molar refractivity (Wildman–Crippen MR) is 125 cm³/mol. The molecule has 2 heterocycles. The van der Waals surface area contributed by atoms with Crippen LogP contribution in [0.15, 0.2) is 34.0 Å². The van der Waals surface area contributed by atoms with E-state index < -0.39 is 5.91 Å². The Morgan fingerprint density at radius 1 is 1.32 bits per heavy atom. The first-order valence-corrected chi connectivity index (χ1v) is 11.4. The number of para-hydroxylation sites is 1. The molecule has 1 aliphatic rings. The van der Waals surface area contributed by atoms with Gasteiger partial charge in [-0.25, -0.2) is 10.1 Å². The van der Waals surface area contributed by atoms with Crippen LogP contribution < -0.4 is 15.9 Å². The van der Waals surface area contributed by atoms with Crippen molar-refractivity contribution in [3.05, 3.63) is 41.2 Å². The van der Waals surface area contributed by atoms with Gasteiger partial charge in [-0.15, -0.1) is 5.10 Å². The summed E-state index contributed by atoms with van der Waals surface area (Å²) in [6, 6.07) is 7.84. The second-order valence-corrected chi connectivity index (χ2v) is 8.15. The van der Waals surface area contributed by atoms with Crippen molar-refractivity contribution in [2.45, 2.75) is 51.6 Å². The van der Waals surface area contributed by atoms with Gasteiger partial charge in [0.25, 0.3) is 5.91 Å². The van der Waals surface area contributed by atoms with Crippen LogP contribution in [0, 0.1) is 0 Å². The van der Waals surface area contributed by atoms with Gasteiger partial charge >= 0.3 is 0 Å². The number of amides is 1. The van der Waals surface area contributed by atoms with Gasteiger partial charge in [-0.1, -0.05) is 36.6 Å². The van der Waals surface area contributed by atoms with Gasteiger partial charge in [0.1, 0.15) is 5.75 Å². The molecule has 3 aromatic rings. The lowest BCUT2D eigenvalue weighted by Crippen LogP contribution is -2.34. The Hall–Kier alpha value is -3.80. The maximum atomic E-state index is 13.0. The molecule has 0 spiro atoms. The minimum Gasteiger partial charge on any atom is -0.493 e. The van der Waals surface area contributed by atoms with E-state index in [4.69, 9.17) is 15.1 Å². The SMILES string of the molecule is CCOc1ccccc1C=NNC(=O)c1nnn(-c2nonc2N)c1CN(C)C1CCCCC1. The highest BCUT2D eigenvalue weighted by Gasteiger charge is 2.27. The van der Waals surface area contributed by atoms with Crippen molar-refractivity contribution in [2.24, 2.45) is 5.10 Å². The molecule has 12 heteroatoms. The molecule has 2 aromatic heterocycles. The van der Waals surface area contributed by atoms with Crippen LogP contribution in [0.5, 0.6) is 5.75 Å². The van der Waals surface area contributed by atoms with Crippen LogP contribution in [-0.2, 0) is 6.54 Å². The van der Waals surface area contributed by atoms with Gasteiger partial charge in [-0.3, -0.25) is 9.69 Å². The molecule has 12 nitrogen and oxygen atoms in total.